The minimum absolute atomic E-state index is 0.320. The molecule has 2 atom stereocenters. The Morgan fingerprint density at radius 3 is 3.00 bits per heavy atom. The van der Waals surface area contributed by atoms with Gasteiger partial charge in [-0.25, -0.2) is 0 Å². The van der Waals surface area contributed by atoms with E-state index in [1.165, 1.54) is 25.0 Å². The van der Waals surface area contributed by atoms with Crippen molar-refractivity contribution in [2.75, 3.05) is 19.5 Å². The van der Waals surface area contributed by atoms with Crippen molar-refractivity contribution >= 4 is 11.8 Å². The molecule has 0 aromatic rings. The highest BCUT2D eigenvalue weighted by Crippen LogP contribution is 2.27. The Morgan fingerprint density at radius 1 is 1.67 bits per heavy atom. The number of nitrogens with one attached hydrogen (secondary N) is 1. The number of methoxy groups -OCH3 is 1. The van der Waals surface area contributed by atoms with E-state index in [1.807, 2.05) is 11.8 Å². The first-order chi connectivity index (χ1) is 5.88. The number of hydrazine groups is 1. The lowest BCUT2D eigenvalue weighted by Crippen LogP contribution is -2.46. The molecule has 0 aromatic carbocycles. The summed E-state index contributed by atoms with van der Waals surface area (Å²) in [6.45, 7) is 0.716. The van der Waals surface area contributed by atoms with E-state index in [4.69, 9.17) is 10.6 Å². The second-order valence-corrected chi connectivity index (χ2v) is 4.48. The molecular weight excluding hydrogens is 172 g/mol. The lowest BCUT2D eigenvalue weighted by Gasteiger charge is -2.28. The summed E-state index contributed by atoms with van der Waals surface area (Å²) >= 11 is 2.01. The summed E-state index contributed by atoms with van der Waals surface area (Å²) in [5.41, 5.74) is 2.83. The molecule has 0 amide bonds. The molecule has 0 saturated carbocycles. The van der Waals surface area contributed by atoms with Crippen LogP contribution < -0.4 is 11.3 Å². The van der Waals surface area contributed by atoms with Crippen LogP contribution in [0.2, 0.25) is 0 Å². The quantitative estimate of drug-likeness (QED) is 0.507. The molecule has 0 aromatic heterocycles. The Kier molecular flexibility index (Phi) is 4.99. The van der Waals surface area contributed by atoms with Crippen LogP contribution in [0.4, 0.5) is 0 Å². The van der Waals surface area contributed by atoms with Gasteiger partial charge in [-0.2, -0.15) is 11.8 Å². The molecule has 1 saturated heterocycles. The van der Waals surface area contributed by atoms with E-state index in [0.717, 1.165) is 0 Å². The maximum atomic E-state index is 5.45. The van der Waals surface area contributed by atoms with E-state index in [9.17, 15) is 0 Å². The Hall–Kier alpha value is 0.230. The van der Waals surface area contributed by atoms with Gasteiger partial charge in [-0.3, -0.25) is 11.3 Å². The van der Waals surface area contributed by atoms with Gasteiger partial charge in [-0.1, -0.05) is 6.42 Å². The van der Waals surface area contributed by atoms with Crippen molar-refractivity contribution in [2.45, 2.75) is 30.6 Å². The van der Waals surface area contributed by atoms with E-state index < -0.39 is 0 Å². The van der Waals surface area contributed by atoms with E-state index in [2.05, 4.69) is 5.43 Å². The zero-order chi connectivity index (χ0) is 8.81. The first kappa shape index (κ1) is 10.3. The molecule has 1 rings (SSSR count). The second-order valence-electron chi connectivity index (χ2n) is 3.13. The summed E-state index contributed by atoms with van der Waals surface area (Å²) in [7, 11) is 1.72. The molecule has 3 N–H and O–H groups in total. The highest BCUT2D eigenvalue weighted by atomic mass is 32.2. The zero-order valence-corrected chi connectivity index (χ0v) is 8.40. The van der Waals surface area contributed by atoms with Gasteiger partial charge in [0.15, 0.2) is 0 Å². The predicted octanol–water partition coefficient (Wildman–Crippen LogP) is 0.750. The fraction of sp³-hybridized carbons (Fsp3) is 1.00. The topological polar surface area (TPSA) is 47.3 Å². The molecule has 4 heteroatoms. The standard InChI is InChI=1S/C8H18N2OS/c1-11-6-7(10-9)8-4-2-3-5-12-8/h7-8,10H,2-6,9H2,1H3. The normalized spacial score (nSPS) is 27.0. The third-order valence-electron chi connectivity index (χ3n) is 2.22. The fourth-order valence-electron chi connectivity index (χ4n) is 1.53. The molecule has 1 heterocycles. The van der Waals surface area contributed by atoms with Crippen molar-refractivity contribution in [3.63, 3.8) is 0 Å². The van der Waals surface area contributed by atoms with Crippen LogP contribution in [0.1, 0.15) is 19.3 Å². The summed E-state index contributed by atoms with van der Waals surface area (Å²) in [6.07, 6.45) is 3.95. The maximum Gasteiger partial charge on any atom is 0.0640 e. The average Bonchev–Trinajstić information content (AvgIpc) is 2.15. The average molecular weight is 190 g/mol. The number of ether oxygens (including phenoxy) is 1. The Morgan fingerprint density at radius 2 is 2.50 bits per heavy atom. The third kappa shape index (κ3) is 2.94. The van der Waals surface area contributed by atoms with Gasteiger partial charge in [0.25, 0.3) is 0 Å². The molecular formula is C8H18N2OS. The molecule has 0 spiro atoms. The lowest BCUT2D eigenvalue weighted by atomic mass is 10.1. The molecule has 12 heavy (non-hydrogen) atoms. The number of thioether (sulfide) groups is 1. The maximum absolute atomic E-state index is 5.45. The van der Waals surface area contributed by atoms with Crippen LogP contribution in [0, 0.1) is 0 Å². The number of rotatable bonds is 4. The molecule has 3 nitrogen and oxygen atoms in total. The zero-order valence-electron chi connectivity index (χ0n) is 7.58. The number of nitrogens with two attached hydrogens (primary N) is 1. The highest BCUT2D eigenvalue weighted by Gasteiger charge is 2.22. The van der Waals surface area contributed by atoms with E-state index in [-0.39, 0.29) is 0 Å². The smallest absolute Gasteiger partial charge is 0.0640 e. The van der Waals surface area contributed by atoms with Crippen molar-refractivity contribution < 1.29 is 4.74 Å². The second kappa shape index (κ2) is 5.80. The van der Waals surface area contributed by atoms with Crippen molar-refractivity contribution in [1.29, 1.82) is 0 Å². The van der Waals surface area contributed by atoms with Gasteiger partial charge in [-0.05, 0) is 18.6 Å². The van der Waals surface area contributed by atoms with Crippen LogP contribution in [0.25, 0.3) is 0 Å². The first-order valence-corrected chi connectivity index (χ1v) is 5.50. The number of hydrogen-bond donors (Lipinski definition) is 2. The van der Waals surface area contributed by atoms with Crippen molar-refractivity contribution in [3.8, 4) is 0 Å². The van der Waals surface area contributed by atoms with Crippen LogP contribution in [0.15, 0.2) is 0 Å². The minimum atomic E-state index is 0.320. The molecule has 0 aliphatic carbocycles. The van der Waals surface area contributed by atoms with E-state index >= 15 is 0 Å². The van der Waals surface area contributed by atoms with Gasteiger partial charge in [0.1, 0.15) is 0 Å². The molecule has 1 aliphatic heterocycles. The summed E-state index contributed by atoms with van der Waals surface area (Å²) in [4.78, 5) is 0. The third-order valence-corrected chi connectivity index (χ3v) is 3.74. The molecule has 1 fully saturated rings. The van der Waals surface area contributed by atoms with Gasteiger partial charge in [-0.15, -0.1) is 0 Å². The van der Waals surface area contributed by atoms with Crippen LogP contribution in [0.5, 0.6) is 0 Å². The predicted molar refractivity (Wildman–Crippen MR) is 53.1 cm³/mol. The van der Waals surface area contributed by atoms with Crippen LogP contribution in [0.3, 0.4) is 0 Å². The summed E-state index contributed by atoms with van der Waals surface area (Å²) < 4.78 is 5.09. The van der Waals surface area contributed by atoms with Gasteiger partial charge < -0.3 is 4.74 Å². The summed E-state index contributed by atoms with van der Waals surface area (Å²) in [5, 5.41) is 0.642. The molecule has 1 aliphatic rings. The van der Waals surface area contributed by atoms with E-state index in [1.54, 1.807) is 7.11 Å². The van der Waals surface area contributed by atoms with Crippen molar-refractivity contribution in [3.05, 3.63) is 0 Å². The van der Waals surface area contributed by atoms with Crippen LogP contribution >= 0.6 is 11.8 Å². The fourth-order valence-corrected chi connectivity index (χ4v) is 2.92. The first-order valence-electron chi connectivity index (χ1n) is 4.45. The Bertz CT molecular complexity index is 115. The SMILES string of the molecule is COCC(NN)C1CCCCS1. The van der Waals surface area contributed by atoms with Gasteiger partial charge >= 0.3 is 0 Å². The molecule has 0 bridgehead atoms. The lowest BCUT2D eigenvalue weighted by molar-refractivity contribution is 0.163. The molecule has 0 radical (unpaired) electrons. The number of hydrogen-bond acceptors (Lipinski definition) is 4. The Balaban J connectivity index is 2.29. The van der Waals surface area contributed by atoms with Crippen LogP contribution in [-0.4, -0.2) is 30.8 Å². The van der Waals surface area contributed by atoms with Gasteiger partial charge in [0, 0.05) is 12.4 Å². The van der Waals surface area contributed by atoms with Crippen molar-refractivity contribution in [1.82, 2.24) is 5.43 Å². The van der Waals surface area contributed by atoms with Gasteiger partial charge in [0.2, 0.25) is 0 Å². The monoisotopic (exact) mass is 190 g/mol. The van der Waals surface area contributed by atoms with Crippen molar-refractivity contribution in [2.24, 2.45) is 5.84 Å². The van der Waals surface area contributed by atoms with Gasteiger partial charge in [0.05, 0.1) is 12.6 Å². The van der Waals surface area contributed by atoms with E-state index in [0.29, 0.717) is 17.9 Å². The van der Waals surface area contributed by atoms with Crippen LogP contribution in [-0.2, 0) is 4.74 Å². The largest absolute Gasteiger partial charge is 0.383 e. The molecule has 2 unspecified atom stereocenters. The summed E-state index contributed by atoms with van der Waals surface area (Å²) in [5.74, 6) is 6.72. The summed E-state index contributed by atoms with van der Waals surface area (Å²) in [6, 6.07) is 0.320. The highest BCUT2D eigenvalue weighted by molar-refractivity contribution is 8.00. The Labute approximate surface area is 78.4 Å². The minimum Gasteiger partial charge on any atom is -0.383 e. The molecule has 72 valence electrons.